The van der Waals surface area contributed by atoms with E-state index in [0.717, 1.165) is 0 Å². The highest BCUT2D eigenvalue weighted by molar-refractivity contribution is 4.51. The van der Waals surface area contributed by atoms with Crippen molar-refractivity contribution in [1.29, 1.82) is 0 Å². The van der Waals surface area contributed by atoms with Crippen molar-refractivity contribution in [2.75, 3.05) is 13.2 Å². The molecule has 0 aliphatic heterocycles. The van der Waals surface area contributed by atoms with Gasteiger partial charge in [-0.3, -0.25) is 0 Å². The molecule has 0 aromatic rings. The van der Waals surface area contributed by atoms with Gasteiger partial charge in [0.2, 0.25) is 0 Å². The maximum atomic E-state index is 9.52. The minimum atomic E-state index is -0.810. The van der Waals surface area contributed by atoms with Gasteiger partial charge in [0.1, 0.15) is 6.61 Å². The van der Waals surface area contributed by atoms with E-state index in [1.54, 1.807) is 0 Å². The summed E-state index contributed by atoms with van der Waals surface area (Å²) in [6.07, 6.45) is -0.810. The number of nitrogens with two attached hydrogens (primary N) is 1. The quantitative estimate of drug-likeness (QED) is 0.407. The SMILES string of the molecule is NOCC(CON=O)ON=O. The zero-order valence-corrected chi connectivity index (χ0v) is 5.50. The average molecular weight is 165 g/mol. The Balaban J connectivity index is 3.49. The monoisotopic (exact) mass is 165 g/mol. The van der Waals surface area contributed by atoms with E-state index in [1.807, 2.05) is 0 Å². The normalized spacial score (nSPS) is 11.7. The Morgan fingerprint density at radius 3 is 2.45 bits per heavy atom. The maximum absolute atomic E-state index is 9.52. The molecule has 0 saturated carbocycles. The Hall–Kier alpha value is -1.28. The second-order valence-corrected chi connectivity index (χ2v) is 1.51. The molecule has 0 amide bonds. The van der Waals surface area contributed by atoms with E-state index >= 15 is 0 Å². The fraction of sp³-hybridized carbons (Fsp3) is 1.00. The highest BCUT2D eigenvalue weighted by Gasteiger charge is 2.11. The largest absolute Gasteiger partial charge is 0.360 e. The molecule has 0 radical (unpaired) electrons. The summed E-state index contributed by atoms with van der Waals surface area (Å²) in [5.41, 5.74) is 0. The van der Waals surface area contributed by atoms with Gasteiger partial charge in [-0.25, -0.2) is 5.90 Å². The summed E-state index contributed by atoms with van der Waals surface area (Å²) in [5, 5.41) is 4.17. The number of nitrogens with zero attached hydrogens (tertiary/aromatic N) is 2. The molecule has 2 N–H and O–H groups in total. The first-order valence-electron chi connectivity index (χ1n) is 2.60. The number of rotatable bonds is 7. The highest BCUT2D eigenvalue weighted by atomic mass is 16.8. The van der Waals surface area contributed by atoms with Gasteiger partial charge in [0.15, 0.2) is 23.4 Å². The lowest BCUT2D eigenvalue weighted by atomic mass is 10.4. The summed E-state index contributed by atoms with van der Waals surface area (Å²) in [4.78, 5) is 31.2. The Morgan fingerprint density at radius 1 is 1.27 bits per heavy atom. The predicted molar refractivity (Wildman–Crippen MR) is 32.6 cm³/mol. The molecule has 0 saturated heterocycles. The molecule has 0 aromatic heterocycles. The molecule has 0 spiro atoms. The van der Waals surface area contributed by atoms with Crippen LogP contribution in [0.5, 0.6) is 0 Å². The second kappa shape index (κ2) is 6.83. The zero-order chi connectivity index (χ0) is 8.53. The van der Waals surface area contributed by atoms with Gasteiger partial charge in [-0.2, -0.15) is 0 Å². The number of hydrogen-bond donors (Lipinski definition) is 1. The van der Waals surface area contributed by atoms with Gasteiger partial charge in [-0.1, -0.05) is 0 Å². The summed E-state index contributed by atoms with van der Waals surface area (Å²) < 4.78 is 0. The van der Waals surface area contributed by atoms with Crippen LogP contribution >= 0.6 is 0 Å². The van der Waals surface area contributed by atoms with Crippen molar-refractivity contribution in [2.45, 2.75) is 6.10 Å². The summed E-state index contributed by atoms with van der Waals surface area (Å²) in [6.45, 7) is -0.340. The first-order chi connectivity index (χ1) is 5.35. The minimum absolute atomic E-state index is 0.110. The first-order valence-corrected chi connectivity index (χ1v) is 2.60. The highest BCUT2D eigenvalue weighted by Crippen LogP contribution is 1.94. The first kappa shape index (κ1) is 9.72. The van der Waals surface area contributed by atoms with Crippen molar-refractivity contribution in [2.24, 2.45) is 16.6 Å². The molecule has 1 unspecified atom stereocenters. The molecule has 8 nitrogen and oxygen atoms in total. The Bertz CT molecular complexity index is 120. The third kappa shape index (κ3) is 5.18. The predicted octanol–water partition coefficient (Wildman–Crippen LogP) is -0.359. The molecule has 0 aromatic carbocycles. The van der Waals surface area contributed by atoms with Crippen molar-refractivity contribution in [3.8, 4) is 0 Å². The average Bonchev–Trinajstić information content (AvgIpc) is 2.01. The molecular formula is C3H7N3O5. The lowest BCUT2D eigenvalue weighted by molar-refractivity contribution is -0.0612. The third-order valence-electron chi connectivity index (χ3n) is 0.787. The van der Waals surface area contributed by atoms with Gasteiger partial charge in [-0.15, -0.1) is 9.81 Å². The van der Waals surface area contributed by atoms with E-state index in [-0.39, 0.29) is 13.2 Å². The Kier molecular flexibility index (Phi) is 6.04. The molecule has 0 aliphatic rings. The van der Waals surface area contributed by atoms with Crippen LogP contribution in [0.4, 0.5) is 0 Å². The van der Waals surface area contributed by atoms with Gasteiger partial charge in [0.25, 0.3) is 0 Å². The van der Waals surface area contributed by atoms with Gasteiger partial charge < -0.3 is 14.5 Å². The van der Waals surface area contributed by atoms with Crippen LogP contribution < -0.4 is 5.90 Å². The smallest absolute Gasteiger partial charge is 0.192 e. The van der Waals surface area contributed by atoms with Crippen LogP contribution in [0.25, 0.3) is 0 Å². The van der Waals surface area contributed by atoms with Gasteiger partial charge in [0.05, 0.1) is 0 Å². The topological polar surface area (TPSA) is 113 Å². The Morgan fingerprint density at radius 2 is 2.00 bits per heavy atom. The molecule has 1 atom stereocenters. The van der Waals surface area contributed by atoms with E-state index in [9.17, 15) is 9.81 Å². The van der Waals surface area contributed by atoms with E-state index in [2.05, 4.69) is 31.1 Å². The van der Waals surface area contributed by atoms with Crippen LogP contribution in [0.1, 0.15) is 0 Å². The molecule has 64 valence electrons. The van der Waals surface area contributed by atoms with Crippen LogP contribution in [-0.4, -0.2) is 19.3 Å². The van der Waals surface area contributed by atoms with Gasteiger partial charge in [-0.05, 0) is 0 Å². The van der Waals surface area contributed by atoms with E-state index in [0.29, 0.717) is 0 Å². The van der Waals surface area contributed by atoms with Gasteiger partial charge in [0, 0.05) is 0 Å². The van der Waals surface area contributed by atoms with Crippen molar-refractivity contribution in [1.82, 2.24) is 0 Å². The molecule has 0 bridgehead atoms. The van der Waals surface area contributed by atoms with Crippen LogP contribution in [-0.2, 0) is 14.5 Å². The van der Waals surface area contributed by atoms with Crippen LogP contribution in [0, 0.1) is 9.81 Å². The molecule has 0 heterocycles. The van der Waals surface area contributed by atoms with Crippen LogP contribution in [0.2, 0.25) is 0 Å². The standard InChI is InChI=1S/C3H7N3O5/c4-9-1-3(11-6-8)2-10-5-7/h3H,1-2,4H2. The molecule has 0 fully saturated rings. The van der Waals surface area contributed by atoms with E-state index < -0.39 is 6.10 Å². The van der Waals surface area contributed by atoms with Crippen molar-refractivity contribution < 1.29 is 14.5 Å². The van der Waals surface area contributed by atoms with Crippen LogP contribution in [0.15, 0.2) is 10.7 Å². The summed E-state index contributed by atoms with van der Waals surface area (Å²) >= 11 is 0. The molecule has 8 heteroatoms. The lowest BCUT2D eigenvalue weighted by Crippen LogP contribution is -2.24. The third-order valence-corrected chi connectivity index (χ3v) is 0.787. The summed E-state index contributed by atoms with van der Waals surface area (Å²) in [5.74, 6) is 4.64. The fourth-order valence-electron chi connectivity index (χ4n) is 0.391. The zero-order valence-electron chi connectivity index (χ0n) is 5.50. The van der Waals surface area contributed by atoms with Crippen molar-refractivity contribution in [3.05, 3.63) is 9.81 Å². The lowest BCUT2D eigenvalue weighted by Gasteiger charge is -2.07. The summed E-state index contributed by atoms with van der Waals surface area (Å²) in [7, 11) is 0. The van der Waals surface area contributed by atoms with Crippen LogP contribution in [0.3, 0.4) is 0 Å². The minimum Gasteiger partial charge on any atom is -0.360 e. The molecular weight excluding hydrogens is 158 g/mol. The fourth-order valence-corrected chi connectivity index (χ4v) is 0.391. The van der Waals surface area contributed by atoms with E-state index in [1.165, 1.54) is 0 Å². The number of hydrogen-bond acceptors (Lipinski definition) is 8. The molecule has 0 aliphatic carbocycles. The van der Waals surface area contributed by atoms with Gasteiger partial charge >= 0.3 is 0 Å². The maximum Gasteiger partial charge on any atom is 0.192 e. The second-order valence-electron chi connectivity index (χ2n) is 1.51. The summed E-state index contributed by atoms with van der Waals surface area (Å²) in [6, 6.07) is 0. The van der Waals surface area contributed by atoms with E-state index in [4.69, 9.17) is 0 Å². The molecule has 0 rings (SSSR count). The van der Waals surface area contributed by atoms with Crippen molar-refractivity contribution >= 4 is 0 Å². The molecule has 11 heavy (non-hydrogen) atoms. The Labute approximate surface area is 61.4 Å². The van der Waals surface area contributed by atoms with Crippen molar-refractivity contribution in [3.63, 3.8) is 0 Å².